The zero-order chi connectivity index (χ0) is 12.1. The van der Waals surface area contributed by atoms with E-state index in [4.69, 9.17) is 5.11 Å². The minimum Gasteiger partial charge on any atom is -0.396 e. The average Bonchev–Trinajstić information content (AvgIpc) is 2.96. The van der Waals surface area contributed by atoms with Crippen molar-refractivity contribution in [2.24, 2.45) is 5.92 Å². The number of likely N-dealkylation sites (tertiary alicyclic amines) is 1. The molecule has 0 spiro atoms. The van der Waals surface area contributed by atoms with Gasteiger partial charge in [0.05, 0.1) is 0 Å². The molecule has 5 heteroatoms. The molecule has 17 heavy (non-hydrogen) atoms. The summed E-state index contributed by atoms with van der Waals surface area (Å²) in [7, 11) is 0. The van der Waals surface area contributed by atoms with Gasteiger partial charge < -0.3 is 10.4 Å². The maximum atomic E-state index is 9.10. The van der Waals surface area contributed by atoms with E-state index in [9.17, 15) is 0 Å². The zero-order valence-corrected chi connectivity index (χ0v) is 11.2. The van der Waals surface area contributed by atoms with E-state index in [-0.39, 0.29) is 0 Å². The predicted molar refractivity (Wildman–Crippen MR) is 71.4 cm³/mol. The van der Waals surface area contributed by atoms with E-state index in [0.29, 0.717) is 12.5 Å². The molecule has 1 unspecified atom stereocenters. The lowest BCUT2D eigenvalue weighted by atomic mass is 10.1. The highest BCUT2D eigenvalue weighted by atomic mass is 32.1. The Kier molecular flexibility index (Phi) is 4.76. The Hall–Kier alpha value is -0.650. The molecule has 2 N–H and O–H groups in total. The molecule has 1 aromatic rings. The monoisotopic (exact) mass is 255 g/mol. The maximum Gasteiger partial charge on any atom is 0.182 e. The molecule has 4 nitrogen and oxygen atoms in total. The van der Waals surface area contributed by atoms with E-state index in [0.717, 1.165) is 44.2 Å². The molecule has 1 aliphatic heterocycles. The molecule has 1 aliphatic rings. The van der Waals surface area contributed by atoms with E-state index >= 15 is 0 Å². The van der Waals surface area contributed by atoms with E-state index in [1.807, 2.05) is 6.20 Å². The Labute approximate surface area is 107 Å². The summed E-state index contributed by atoms with van der Waals surface area (Å²) in [5.74, 6) is 0.473. The van der Waals surface area contributed by atoms with Crippen LogP contribution in [0.4, 0.5) is 5.13 Å². The second-order valence-electron chi connectivity index (χ2n) is 4.63. The first kappa shape index (κ1) is 12.8. The lowest BCUT2D eigenvalue weighted by molar-refractivity contribution is 0.220. The third kappa shape index (κ3) is 3.66. The van der Waals surface area contributed by atoms with Crippen molar-refractivity contribution >= 4 is 16.5 Å². The first-order valence-electron chi connectivity index (χ1n) is 6.33. The van der Waals surface area contributed by atoms with Crippen molar-refractivity contribution in [1.82, 2.24) is 9.88 Å². The highest BCUT2D eigenvalue weighted by Gasteiger charge is 2.22. The quantitative estimate of drug-likeness (QED) is 0.813. The molecule has 1 saturated heterocycles. The van der Waals surface area contributed by atoms with Gasteiger partial charge >= 0.3 is 0 Å². The fourth-order valence-electron chi connectivity index (χ4n) is 2.12. The first-order valence-corrected chi connectivity index (χ1v) is 7.15. The van der Waals surface area contributed by atoms with Crippen molar-refractivity contribution in [1.29, 1.82) is 0 Å². The van der Waals surface area contributed by atoms with Crippen LogP contribution < -0.4 is 5.32 Å². The summed E-state index contributed by atoms with van der Waals surface area (Å²) in [6.45, 7) is 6.56. The number of hydrogen-bond acceptors (Lipinski definition) is 5. The molecule has 0 radical (unpaired) electrons. The van der Waals surface area contributed by atoms with Gasteiger partial charge in [-0.2, -0.15) is 0 Å². The van der Waals surface area contributed by atoms with Crippen LogP contribution in [0.5, 0.6) is 0 Å². The van der Waals surface area contributed by atoms with Crippen molar-refractivity contribution in [2.75, 3.05) is 31.6 Å². The van der Waals surface area contributed by atoms with Crippen molar-refractivity contribution in [3.8, 4) is 0 Å². The Bertz CT molecular complexity index is 342. The summed E-state index contributed by atoms with van der Waals surface area (Å²) >= 11 is 1.74. The Balaban J connectivity index is 1.80. The van der Waals surface area contributed by atoms with Crippen LogP contribution in [0.15, 0.2) is 6.20 Å². The van der Waals surface area contributed by atoms with Gasteiger partial charge in [-0.05, 0) is 25.3 Å². The molecular weight excluding hydrogens is 234 g/mol. The fraction of sp³-hybridized carbons (Fsp3) is 0.750. The number of nitrogens with zero attached hydrogens (tertiary/aromatic N) is 2. The molecule has 0 saturated carbocycles. The third-order valence-corrected chi connectivity index (χ3v) is 4.03. The highest BCUT2D eigenvalue weighted by Crippen LogP contribution is 2.23. The second-order valence-corrected chi connectivity index (χ2v) is 5.75. The number of nitrogens with one attached hydrogen (secondary N) is 1. The highest BCUT2D eigenvalue weighted by molar-refractivity contribution is 7.15. The van der Waals surface area contributed by atoms with Crippen molar-refractivity contribution in [3.63, 3.8) is 0 Å². The van der Waals surface area contributed by atoms with E-state index in [1.54, 1.807) is 11.3 Å². The zero-order valence-electron chi connectivity index (χ0n) is 10.4. The Morgan fingerprint density at radius 3 is 3.24 bits per heavy atom. The lowest BCUT2D eigenvalue weighted by Gasteiger charge is -2.13. The lowest BCUT2D eigenvalue weighted by Crippen LogP contribution is -2.20. The molecule has 2 heterocycles. The summed E-state index contributed by atoms with van der Waals surface area (Å²) in [6, 6.07) is 0. The molecule has 1 fully saturated rings. The Morgan fingerprint density at radius 1 is 1.65 bits per heavy atom. The van der Waals surface area contributed by atoms with Gasteiger partial charge in [0.2, 0.25) is 0 Å². The van der Waals surface area contributed by atoms with E-state index in [2.05, 4.69) is 22.1 Å². The molecule has 0 aliphatic carbocycles. The number of rotatable bonds is 6. The summed E-state index contributed by atoms with van der Waals surface area (Å²) in [6.07, 6.45) is 4.21. The summed E-state index contributed by atoms with van der Waals surface area (Å²) in [5.41, 5.74) is 0. The van der Waals surface area contributed by atoms with Crippen molar-refractivity contribution in [3.05, 3.63) is 11.1 Å². The Morgan fingerprint density at radius 2 is 2.53 bits per heavy atom. The fourth-order valence-corrected chi connectivity index (χ4v) is 3.00. The van der Waals surface area contributed by atoms with E-state index in [1.165, 1.54) is 4.88 Å². The van der Waals surface area contributed by atoms with Crippen LogP contribution in [-0.2, 0) is 6.54 Å². The van der Waals surface area contributed by atoms with Gasteiger partial charge in [0.15, 0.2) is 5.13 Å². The number of aromatic nitrogens is 1. The van der Waals surface area contributed by atoms with Gasteiger partial charge in [-0.15, -0.1) is 11.3 Å². The number of hydrogen-bond donors (Lipinski definition) is 2. The maximum absolute atomic E-state index is 9.10. The molecule has 0 amide bonds. The van der Waals surface area contributed by atoms with Crippen LogP contribution in [0, 0.1) is 5.92 Å². The smallest absolute Gasteiger partial charge is 0.182 e. The normalized spacial score (nSPS) is 20.9. The molecular formula is C12H21N3OS. The van der Waals surface area contributed by atoms with Crippen LogP contribution in [0.3, 0.4) is 0 Å². The number of thiazole rings is 1. The third-order valence-electron chi connectivity index (χ3n) is 3.09. The number of aliphatic hydroxyl groups is 1. The van der Waals surface area contributed by atoms with Crippen LogP contribution in [-0.4, -0.2) is 41.2 Å². The number of aliphatic hydroxyl groups excluding tert-OH is 1. The summed E-state index contributed by atoms with van der Waals surface area (Å²) in [5, 5.41) is 13.4. The van der Waals surface area contributed by atoms with Crippen LogP contribution in [0.2, 0.25) is 0 Å². The van der Waals surface area contributed by atoms with Gasteiger partial charge in [0.1, 0.15) is 0 Å². The molecule has 0 aromatic carbocycles. The minimum atomic E-state index is 0.322. The second kappa shape index (κ2) is 6.33. The SMILES string of the molecule is CCCNc1ncc(CN2CCC(CO)C2)s1. The molecule has 0 bridgehead atoms. The van der Waals surface area contributed by atoms with Crippen LogP contribution in [0.25, 0.3) is 0 Å². The van der Waals surface area contributed by atoms with Gasteiger partial charge in [-0.3, -0.25) is 4.90 Å². The topological polar surface area (TPSA) is 48.4 Å². The molecule has 1 atom stereocenters. The van der Waals surface area contributed by atoms with Gasteiger partial charge in [-0.1, -0.05) is 6.92 Å². The largest absolute Gasteiger partial charge is 0.396 e. The molecule has 1 aromatic heterocycles. The predicted octanol–water partition coefficient (Wildman–Crippen LogP) is 1.78. The minimum absolute atomic E-state index is 0.322. The first-order chi connectivity index (χ1) is 8.31. The van der Waals surface area contributed by atoms with Crippen LogP contribution in [0.1, 0.15) is 24.6 Å². The van der Waals surface area contributed by atoms with Gasteiger partial charge in [0.25, 0.3) is 0 Å². The molecule has 2 rings (SSSR count). The summed E-state index contributed by atoms with van der Waals surface area (Å²) < 4.78 is 0. The van der Waals surface area contributed by atoms with E-state index < -0.39 is 0 Å². The van der Waals surface area contributed by atoms with Crippen molar-refractivity contribution < 1.29 is 5.11 Å². The van der Waals surface area contributed by atoms with Crippen molar-refractivity contribution in [2.45, 2.75) is 26.3 Å². The standard InChI is InChI=1S/C12H21N3OS/c1-2-4-13-12-14-6-11(17-12)8-15-5-3-10(7-15)9-16/h6,10,16H,2-5,7-9H2,1H3,(H,13,14). The van der Waals surface area contributed by atoms with Gasteiger partial charge in [-0.25, -0.2) is 4.98 Å². The van der Waals surface area contributed by atoms with Gasteiger partial charge in [0, 0.05) is 37.3 Å². The summed E-state index contributed by atoms with van der Waals surface area (Å²) in [4.78, 5) is 8.07. The van der Waals surface area contributed by atoms with Crippen LogP contribution >= 0.6 is 11.3 Å². The molecule has 96 valence electrons. The average molecular weight is 255 g/mol. The number of anilines is 1.